The molecule has 3 atom stereocenters. The second-order valence-electron chi connectivity index (χ2n) is 9.62. The summed E-state index contributed by atoms with van der Waals surface area (Å²) in [6.45, 7) is 14.3. The molecule has 0 aromatic rings. The molecule has 0 amide bonds. The van der Waals surface area contributed by atoms with Crippen LogP contribution >= 0.6 is 0 Å². The molecule has 4 nitrogen and oxygen atoms in total. The average molecular weight is 351 g/mol. The highest BCUT2D eigenvalue weighted by Crippen LogP contribution is 2.22. The summed E-state index contributed by atoms with van der Waals surface area (Å²) >= 11 is 0. The topological polar surface area (TPSA) is 58.5 Å². The van der Waals surface area contributed by atoms with Gasteiger partial charge in [-0.1, -0.05) is 40.5 Å². The minimum absolute atomic E-state index is 0.0852. The van der Waals surface area contributed by atoms with Crippen LogP contribution in [0.25, 0.3) is 0 Å². The quantitative estimate of drug-likeness (QED) is 0.629. The van der Waals surface area contributed by atoms with E-state index < -0.39 is 0 Å². The van der Waals surface area contributed by atoms with Crippen LogP contribution in [0.1, 0.15) is 87.0 Å². The first kappa shape index (κ1) is 22.0. The molecule has 0 spiro atoms. The van der Waals surface area contributed by atoms with Crippen LogP contribution < -0.4 is 5.32 Å². The Morgan fingerprint density at radius 3 is 2.24 bits per heavy atom. The standard InChI is InChI=1S/C21H38N2O2/c1-15-13-14-22-18(15)17(24)12-10-8-9-11-16(23-21(5,6)7)19(25)20(2,3)4/h14-16,18,23H,8-13H2,1-7H3. The van der Waals surface area contributed by atoms with Crippen LogP contribution in [0.15, 0.2) is 4.99 Å². The van der Waals surface area contributed by atoms with Crippen LogP contribution in [0.5, 0.6) is 0 Å². The molecule has 0 radical (unpaired) electrons. The third-order valence-electron chi connectivity index (χ3n) is 4.69. The molecule has 1 N–H and O–H groups in total. The van der Waals surface area contributed by atoms with Crippen LogP contribution in [0.4, 0.5) is 0 Å². The predicted molar refractivity (Wildman–Crippen MR) is 105 cm³/mol. The number of Topliss-reactive ketones (excluding diaryl/α,β-unsaturated/α-hetero) is 2. The Hall–Kier alpha value is -1.03. The molecular weight excluding hydrogens is 312 g/mol. The van der Waals surface area contributed by atoms with E-state index in [-0.39, 0.29) is 34.6 Å². The summed E-state index contributed by atoms with van der Waals surface area (Å²) in [6, 6.07) is -0.229. The van der Waals surface area contributed by atoms with Crippen LogP contribution in [0.3, 0.4) is 0 Å². The molecule has 1 aliphatic heterocycles. The molecule has 25 heavy (non-hydrogen) atoms. The third kappa shape index (κ3) is 7.81. The molecule has 0 saturated carbocycles. The summed E-state index contributed by atoms with van der Waals surface area (Å²) in [5, 5.41) is 3.48. The monoisotopic (exact) mass is 350 g/mol. The van der Waals surface area contributed by atoms with Gasteiger partial charge in [0.2, 0.25) is 0 Å². The Morgan fingerprint density at radius 2 is 1.76 bits per heavy atom. The van der Waals surface area contributed by atoms with E-state index in [1.165, 1.54) is 0 Å². The summed E-state index contributed by atoms with van der Waals surface area (Å²) < 4.78 is 0. The second kappa shape index (κ2) is 9.07. The van der Waals surface area contributed by atoms with Gasteiger partial charge in [-0.25, -0.2) is 0 Å². The van der Waals surface area contributed by atoms with Crippen molar-refractivity contribution in [1.29, 1.82) is 0 Å². The molecule has 1 heterocycles. The lowest BCUT2D eigenvalue weighted by Crippen LogP contribution is -2.50. The summed E-state index contributed by atoms with van der Waals surface area (Å²) in [5.41, 5.74) is -0.423. The molecule has 1 rings (SSSR count). The van der Waals surface area contributed by atoms with Crippen molar-refractivity contribution in [3.05, 3.63) is 0 Å². The fourth-order valence-electron chi connectivity index (χ4n) is 3.30. The zero-order valence-corrected chi connectivity index (χ0v) is 17.3. The van der Waals surface area contributed by atoms with Crippen molar-refractivity contribution in [3.63, 3.8) is 0 Å². The number of nitrogens with zero attached hydrogens (tertiary/aromatic N) is 1. The zero-order valence-electron chi connectivity index (χ0n) is 17.3. The van der Waals surface area contributed by atoms with Crippen molar-refractivity contribution < 1.29 is 9.59 Å². The summed E-state index contributed by atoms with van der Waals surface area (Å²) in [4.78, 5) is 29.2. The van der Waals surface area contributed by atoms with Gasteiger partial charge < -0.3 is 5.32 Å². The Bertz CT molecular complexity index is 483. The molecule has 0 aliphatic carbocycles. The fourth-order valence-corrected chi connectivity index (χ4v) is 3.30. The van der Waals surface area contributed by atoms with E-state index in [2.05, 4.69) is 38.0 Å². The van der Waals surface area contributed by atoms with E-state index in [1.807, 2.05) is 27.0 Å². The molecule has 0 aromatic carbocycles. The maximum Gasteiger partial charge on any atom is 0.157 e. The maximum atomic E-state index is 12.7. The number of nitrogens with one attached hydrogen (secondary N) is 1. The van der Waals surface area contributed by atoms with Crippen LogP contribution in [0, 0.1) is 11.3 Å². The average Bonchev–Trinajstić information content (AvgIpc) is 2.88. The number of carbonyl (C=O) groups is 2. The molecular formula is C21H38N2O2. The number of unbranched alkanes of at least 4 members (excludes halogenated alkanes) is 2. The van der Waals surface area contributed by atoms with Gasteiger partial charge in [-0.3, -0.25) is 14.6 Å². The largest absolute Gasteiger partial charge is 0.303 e. The summed E-state index contributed by atoms with van der Waals surface area (Å²) in [5.74, 6) is 0.904. The minimum Gasteiger partial charge on any atom is -0.303 e. The highest BCUT2D eigenvalue weighted by Gasteiger charge is 2.31. The van der Waals surface area contributed by atoms with Gasteiger partial charge in [0.05, 0.1) is 6.04 Å². The predicted octanol–water partition coefficient (Wildman–Crippen LogP) is 4.36. The van der Waals surface area contributed by atoms with Gasteiger partial charge in [0, 0.05) is 17.4 Å². The summed E-state index contributed by atoms with van der Waals surface area (Å²) in [7, 11) is 0. The Kier molecular flexibility index (Phi) is 7.98. The lowest BCUT2D eigenvalue weighted by molar-refractivity contribution is -0.129. The van der Waals surface area contributed by atoms with Gasteiger partial charge >= 0.3 is 0 Å². The Balaban J connectivity index is 2.40. The van der Waals surface area contributed by atoms with E-state index in [1.54, 1.807) is 0 Å². The van der Waals surface area contributed by atoms with Crippen molar-refractivity contribution in [2.24, 2.45) is 16.3 Å². The number of ketones is 2. The Morgan fingerprint density at radius 1 is 1.12 bits per heavy atom. The molecule has 144 valence electrons. The SMILES string of the molecule is CC1CC=NC1C(=O)CCCCCC(NC(C)(C)C)C(=O)C(C)(C)C. The van der Waals surface area contributed by atoms with E-state index in [0.29, 0.717) is 12.3 Å². The van der Waals surface area contributed by atoms with Crippen LogP contribution in [0.2, 0.25) is 0 Å². The minimum atomic E-state index is -0.338. The van der Waals surface area contributed by atoms with Crippen LogP contribution in [-0.4, -0.2) is 35.4 Å². The van der Waals surface area contributed by atoms with Gasteiger partial charge in [0.1, 0.15) is 6.04 Å². The van der Waals surface area contributed by atoms with Crippen molar-refractivity contribution >= 4 is 17.8 Å². The van der Waals surface area contributed by atoms with Gasteiger partial charge in [0.25, 0.3) is 0 Å². The normalized spacial score (nSPS) is 22.2. The number of hydrogen-bond acceptors (Lipinski definition) is 4. The molecule has 1 aliphatic rings. The molecule has 0 aromatic heterocycles. The number of hydrogen-bond donors (Lipinski definition) is 1. The Labute approximate surface area is 154 Å². The first-order valence-electron chi connectivity index (χ1n) is 9.78. The van der Waals surface area contributed by atoms with Gasteiger partial charge in [-0.15, -0.1) is 0 Å². The smallest absolute Gasteiger partial charge is 0.157 e. The maximum absolute atomic E-state index is 12.7. The molecule has 0 bridgehead atoms. The highest BCUT2D eigenvalue weighted by atomic mass is 16.1. The van der Waals surface area contributed by atoms with E-state index in [4.69, 9.17) is 0 Å². The second-order valence-corrected chi connectivity index (χ2v) is 9.62. The summed E-state index contributed by atoms with van der Waals surface area (Å²) in [6.07, 6.45) is 7.09. The lowest BCUT2D eigenvalue weighted by atomic mass is 9.83. The van der Waals surface area contributed by atoms with Gasteiger partial charge in [-0.2, -0.15) is 0 Å². The molecule has 4 heteroatoms. The third-order valence-corrected chi connectivity index (χ3v) is 4.69. The molecule has 0 saturated heterocycles. The van der Waals surface area contributed by atoms with Crippen molar-refractivity contribution in [2.75, 3.05) is 0 Å². The first-order valence-corrected chi connectivity index (χ1v) is 9.78. The number of aliphatic imine (C=N–C) groups is 1. The van der Waals surface area contributed by atoms with Crippen LogP contribution in [-0.2, 0) is 9.59 Å². The lowest BCUT2D eigenvalue weighted by Gasteiger charge is -2.31. The van der Waals surface area contributed by atoms with Gasteiger partial charge in [-0.05, 0) is 52.2 Å². The van der Waals surface area contributed by atoms with Gasteiger partial charge in [0.15, 0.2) is 11.6 Å². The number of rotatable bonds is 9. The van der Waals surface area contributed by atoms with E-state index in [0.717, 1.165) is 32.1 Å². The first-order chi connectivity index (χ1) is 11.4. The van der Waals surface area contributed by atoms with E-state index in [9.17, 15) is 9.59 Å². The highest BCUT2D eigenvalue weighted by molar-refractivity contribution is 5.89. The number of carbonyl (C=O) groups excluding carboxylic acids is 2. The van der Waals surface area contributed by atoms with Crippen molar-refractivity contribution in [3.8, 4) is 0 Å². The molecule has 0 fully saturated rings. The van der Waals surface area contributed by atoms with E-state index >= 15 is 0 Å². The fraction of sp³-hybridized carbons (Fsp3) is 0.857. The molecule has 3 unspecified atom stereocenters. The zero-order chi connectivity index (χ0) is 19.3. The van der Waals surface area contributed by atoms with Crippen molar-refractivity contribution in [2.45, 2.75) is 105 Å². The van der Waals surface area contributed by atoms with Crippen molar-refractivity contribution in [1.82, 2.24) is 5.32 Å².